The van der Waals surface area contributed by atoms with Crippen molar-refractivity contribution in [1.82, 2.24) is 4.90 Å². The fraction of sp³-hybridized carbons (Fsp3) is 0.562. The maximum atomic E-state index is 12.5. The lowest BCUT2D eigenvalue weighted by atomic mass is 9.99. The Morgan fingerprint density at radius 1 is 1.40 bits per heavy atom. The van der Waals surface area contributed by atoms with Crippen LogP contribution >= 0.6 is 15.9 Å². The van der Waals surface area contributed by atoms with Crippen LogP contribution in [0.5, 0.6) is 5.75 Å². The Morgan fingerprint density at radius 2 is 2.10 bits per heavy atom. The number of halogens is 1. The van der Waals surface area contributed by atoms with Crippen molar-refractivity contribution in [3.05, 3.63) is 29.8 Å². The van der Waals surface area contributed by atoms with Gasteiger partial charge in [0, 0.05) is 24.0 Å². The minimum absolute atomic E-state index is 0.131. The molecule has 1 amide bonds. The summed E-state index contributed by atoms with van der Waals surface area (Å²) in [6, 6.07) is 7.47. The van der Waals surface area contributed by atoms with Crippen LogP contribution in [0.25, 0.3) is 0 Å². The van der Waals surface area contributed by atoms with Crippen LogP contribution < -0.4 is 4.74 Å². The lowest BCUT2D eigenvalue weighted by molar-refractivity contribution is 0.0686. The molecule has 110 valence electrons. The van der Waals surface area contributed by atoms with Gasteiger partial charge in [-0.25, -0.2) is 0 Å². The van der Waals surface area contributed by atoms with Crippen molar-refractivity contribution in [2.24, 2.45) is 5.92 Å². The number of carbonyl (C=O) groups is 1. The Hall–Kier alpha value is -1.03. The highest BCUT2D eigenvalue weighted by Gasteiger charge is 2.23. The summed E-state index contributed by atoms with van der Waals surface area (Å²) in [7, 11) is 0. The highest BCUT2D eigenvalue weighted by Crippen LogP contribution is 2.21. The van der Waals surface area contributed by atoms with Crippen molar-refractivity contribution in [2.75, 3.05) is 18.4 Å². The first kappa shape index (κ1) is 15.4. The average molecular weight is 340 g/mol. The van der Waals surface area contributed by atoms with E-state index in [-0.39, 0.29) is 12.0 Å². The van der Waals surface area contributed by atoms with Crippen molar-refractivity contribution < 1.29 is 9.53 Å². The molecule has 0 saturated carbocycles. The van der Waals surface area contributed by atoms with Gasteiger partial charge in [-0.15, -0.1) is 0 Å². The zero-order chi connectivity index (χ0) is 14.5. The van der Waals surface area contributed by atoms with Crippen LogP contribution in [0.1, 0.15) is 37.0 Å². The SMILES string of the molecule is CC(C)Oc1ccc(C(=O)N2CCCC(CBr)C2)cc1. The van der Waals surface area contributed by atoms with Crippen LogP contribution in [0.4, 0.5) is 0 Å². The normalized spacial score (nSPS) is 19.2. The van der Waals surface area contributed by atoms with Crippen molar-refractivity contribution in [3.63, 3.8) is 0 Å². The van der Waals surface area contributed by atoms with E-state index in [0.29, 0.717) is 5.92 Å². The van der Waals surface area contributed by atoms with Gasteiger partial charge >= 0.3 is 0 Å². The van der Waals surface area contributed by atoms with Crippen LogP contribution in [0, 0.1) is 5.92 Å². The summed E-state index contributed by atoms with van der Waals surface area (Å²) in [5.74, 6) is 1.52. The zero-order valence-corrected chi connectivity index (χ0v) is 13.7. The van der Waals surface area contributed by atoms with Gasteiger partial charge in [0.2, 0.25) is 0 Å². The van der Waals surface area contributed by atoms with Gasteiger partial charge in [0.15, 0.2) is 0 Å². The second-order valence-corrected chi connectivity index (χ2v) is 6.25. The monoisotopic (exact) mass is 339 g/mol. The molecule has 1 fully saturated rings. The number of alkyl halides is 1. The highest BCUT2D eigenvalue weighted by molar-refractivity contribution is 9.09. The third-order valence-electron chi connectivity index (χ3n) is 3.50. The quantitative estimate of drug-likeness (QED) is 0.782. The molecular formula is C16H22BrNO2. The average Bonchev–Trinajstić information content (AvgIpc) is 2.47. The van der Waals surface area contributed by atoms with Crippen LogP contribution in [-0.4, -0.2) is 35.3 Å². The molecule has 0 radical (unpaired) electrons. The summed E-state index contributed by atoms with van der Waals surface area (Å²) in [5, 5.41) is 0.970. The van der Waals surface area contributed by atoms with E-state index in [1.54, 1.807) is 0 Å². The molecule has 0 aliphatic carbocycles. The fourth-order valence-corrected chi connectivity index (χ4v) is 3.03. The van der Waals surface area contributed by atoms with E-state index in [9.17, 15) is 4.79 Å². The number of rotatable bonds is 4. The van der Waals surface area contributed by atoms with E-state index in [4.69, 9.17) is 4.74 Å². The maximum Gasteiger partial charge on any atom is 0.253 e. The topological polar surface area (TPSA) is 29.5 Å². The molecule has 0 N–H and O–H groups in total. The molecule has 0 spiro atoms. The van der Waals surface area contributed by atoms with E-state index in [1.807, 2.05) is 43.0 Å². The summed E-state index contributed by atoms with van der Waals surface area (Å²) in [6.45, 7) is 5.71. The molecule has 1 heterocycles. The molecule has 1 aliphatic heterocycles. The van der Waals surface area contributed by atoms with Gasteiger partial charge in [-0.1, -0.05) is 15.9 Å². The predicted molar refractivity (Wildman–Crippen MR) is 84.6 cm³/mol. The third-order valence-corrected chi connectivity index (χ3v) is 4.41. The molecule has 2 rings (SSSR count). The number of ether oxygens (including phenoxy) is 1. The summed E-state index contributed by atoms with van der Waals surface area (Å²) < 4.78 is 5.60. The summed E-state index contributed by atoms with van der Waals surface area (Å²) in [4.78, 5) is 14.4. The number of likely N-dealkylation sites (tertiary alicyclic amines) is 1. The van der Waals surface area contributed by atoms with Crippen LogP contribution in [0.3, 0.4) is 0 Å². The number of carbonyl (C=O) groups excluding carboxylic acids is 1. The van der Waals surface area contributed by atoms with E-state index < -0.39 is 0 Å². The molecule has 1 saturated heterocycles. The van der Waals surface area contributed by atoms with E-state index in [0.717, 1.165) is 36.2 Å². The number of hydrogen-bond acceptors (Lipinski definition) is 2. The first-order chi connectivity index (χ1) is 9.60. The van der Waals surface area contributed by atoms with Gasteiger partial charge in [0.05, 0.1) is 6.10 Å². The molecule has 4 heteroatoms. The Bertz CT molecular complexity index is 444. The lowest BCUT2D eigenvalue weighted by Gasteiger charge is -2.32. The number of benzene rings is 1. The van der Waals surface area contributed by atoms with Gasteiger partial charge in [-0.05, 0) is 56.9 Å². The van der Waals surface area contributed by atoms with E-state index >= 15 is 0 Å². The molecule has 1 aromatic carbocycles. The number of amides is 1. The molecule has 0 bridgehead atoms. The summed E-state index contributed by atoms with van der Waals surface area (Å²) in [6.07, 6.45) is 2.45. The first-order valence-electron chi connectivity index (χ1n) is 7.22. The van der Waals surface area contributed by atoms with Gasteiger partial charge in [-0.3, -0.25) is 4.79 Å². The smallest absolute Gasteiger partial charge is 0.253 e. The van der Waals surface area contributed by atoms with Gasteiger partial charge in [-0.2, -0.15) is 0 Å². The van der Waals surface area contributed by atoms with Crippen molar-refractivity contribution in [1.29, 1.82) is 0 Å². The second kappa shape index (κ2) is 7.11. The molecular weight excluding hydrogens is 318 g/mol. The molecule has 3 nitrogen and oxygen atoms in total. The fourth-order valence-electron chi connectivity index (χ4n) is 2.51. The van der Waals surface area contributed by atoms with E-state index in [2.05, 4.69) is 15.9 Å². The van der Waals surface area contributed by atoms with Gasteiger partial charge in [0.1, 0.15) is 5.75 Å². The van der Waals surface area contributed by atoms with Crippen LogP contribution in [0.2, 0.25) is 0 Å². The Labute approximate surface area is 129 Å². The number of nitrogens with zero attached hydrogens (tertiary/aromatic N) is 1. The van der Waals surface area contributed by atoms with Crippen molar-refractivity contribution in [3.8, 4) is 5.75 Å². The minimum Gasteiger partial charge on any atom is -0.491 e. The minimum atomic E-state index is 0.131. The third kappa shape index (κ3) is 3.98. The maximum absolute atomic E-state index is 12.5. The Balaban J connectivity index is 2.01. The first-order valence-corrected chi connectivity index (χ1v) is 8.34. The van der Waals surface area contributed by atoms with Gasteiger partial charge in [0.25, 0.3) is 5.91 Å². The molecule has 1 aromatic rings. The molecule has 1 unspecified atom stereocenters. The standard InChI is InChI=1S/C16H22BrNO2/c1-12(2)20-15-7-5-14(6-8-15)16(19)18-9-3-4-13(10-17)11-18/h5-8,12-13H,3-4,9-11H2,1-2H3. The molecule has 1 aliphatic rings. The molecule has 0 aromatic heterocycles. The van der Waals surface area contributed by atoms with Crippen LogP contribution in [-0.2, 0) is 0 Å². The Morgan fingerprint density at radius 3 is 2.70 bits per heavy atom. The number of piperidine rings is 1. The van der Waals surface area contributed by atoms with Crippen molar-refractivity contribution >= 4 is 21.8 Å². The van der Waals surface area contributed by atoms with E-state index in [1.165, 1.54) is 6.42 Å². The summed E-state index contributed by atoms with van der Waals surface area (Å²) >= 11 is 3.52. The second-order valence-electron chi connectivity index (χ2n) is 5.60. The molecule has 1 atom stereocenters. The Kier molecular flexibility index (Phi) is 5.46. The lowest BCUT2D eigenvalue weighted by Crippen LogP contribution is -2.40. The number of hydrogen-bond donors (Lipinski definition) is 0. The van der Waals surface area contributed by atoms with Crippen molar-refractivity contribution in [2.45, 2.75) is 32.8 Å². The molecule has 20 heavy (non-hydrogen) atoms. The zero-order valence-electron chi connectivity index (χ0n) is 12.1. The van der Waals surface area contributed by atoms with Gasteiger partial charge < -0.3 is 9.64 Å². The highest BCUT2D eigenvalue weighted by atomic mass is 79.9. The van der Waals surface area contributed by atoms with Crippen LogP contribution in [0.15, 0.2) is 24.3 Å². The summed E-state index contributed by atoms with van der Waals surface area (Å²) in [5.41, 5.74) is 0.747. The largest absolute Gasteiger partial charge is 0.491 e. The predicted octanol–water partition coefficient (Wildman–Crippen LogP) is 3.72.